The summed E-state index contributed by atoms with van der Waals surface area (Å²) < 4.78 is 12.0. The molecule has 6 heteroatoms. The van der Waals surface area contributed by atoms with Crippen molar-refractivity contribution in [3.8, 4) is 0 Å². The molecule has 0 radical (unpaired) electrons. The summed E-state index contributed by atoms with van der Waals surface area (Å²) in [6.45, 7) is 3.85. The molecule has 1 aliphatic carbocycles. The predicted octanol–water partition coefficient (Wildman–Crippen LogP) is 7.49. The van der Waals surface area contributed by atoms with Gasteiger partial charge in [-0.1, -0.05) is 70.6 Å². The van der Waals surface area contributed by atoms with Crippen LogP contribution in [0.3, 0.4) is 0 Å². The largest absolute Gasteiger partial charge is 0.482 e. The van der Waals surface area contributed by atoms with E-state index in [9.17, 15) is 9.59 Å². The molecular formula is C35H34BrNO4. The highest BCUT2D eigenvalue weighted by Crippen LogP contribution is 2.26. The van der Waals surface area contributed by atoms with Crippen LogP contribution < -0.4 is 5.32 Å². The van der Waals surface area contributed by atoms with Crippen LogP contribution >= 0.6 is 15.9 Å². The number of carbonyl (C=O) groups excluding carboxylic acids is 2. The molecule has 1 N–H and O–H groups in total. The fraction of sp³-hybridized carbons (Fsp3) is 0.200. The van der Waals surface area contributed by atoms with Crippen molar-refractivity contribution < 1.29 is 19.1 Å². The zero-order valence-electron chi connectivity index (χ0n) is 23.5. The molecule has 2 aliphatic rings. The third-order valence-electron chi connectivity index (χ3n) is 6.71. The molecule has 41 heavy (non-hydrogen) atoms. The van der Waals surface area contributed by atoms with Crippen molar-refractivity contribution in [2.75, 3.05) is 7.11 Å². The van der Waals surface area contributed by atoms with E-state index in [4.69, 9.17) is 9.47 Å². The molecule has 0 spiro atoms. The van der Waals surface area contributed by atoms with Crippen molar-refractivity contribution in [1.29, 1.82) is 0 Å². The lowest BCUT2D eigenvalue weighted by Crippen LogP contribution is -2.32. The Morgan fingerprint density at radius 3 is 2.37 bits per heavy atom. The molecule has 1 amide bonds. The molecular weight excluding hydrogens is 578 g/mol. The minimum absolute atomic E-state index is 0.0701. The summed E-state index contributed by atoms with van der Waals surface area (Å²) in [5.74, 6) is 0.00472. The summed E-state index contributed by atoms with van der Waals surface area (Å²) in [5, 5.41) is 3.10. The molecule has 0 fully saturated rings. The summed E-state index contributed by atoms with van der Waals surface area (Å²) in [4.78, 5) is 25.4. The predicted molar refractivity (Wildman–Crippen MR) is 167 cm³/mol. The number of benzene rings is 2. The fourth-order valence-corrected chi connectivity index (χ4v) is 4.85. The van der Waals surface area contributed by atoms with Gasteiger partial charge in [-0.3, -0.25) is 4.79 Å². The van der Waals surface area contributed by atoms with Gasteiger partial charge < -0.3 is 14.8 Å². The van der Waals surface area contributed by atoms with Crippen molar-refractivity contribution in [3.05, 3.63) is 153 Å². The van der Waals surface area contributed by atoms with E-state index < -0.39 is 0 Å². The first-order chi connectivity index (χ1) is 19.8. The van der Waals surface area contributed by atoms with E-state index in [2.05, 4.69) is 33.4 Å². The van der Waals surface area contributed by atoms with Crippen molar-refractivity contribution in [1.82, 2.24) is 5.32 Å². The third-order valence-corrected chi connectivity index (χ3v) is 7.23. The van der Waals surface area contributed by atoms with Gasteiger partial charge in [0.2, 0.25) is 5.91 Å². The first-order valence-electron chi connectivity index (χ1n) is 13.5. The lowest BCUT2D eigenvalue weighted by molar-refractivity contribution is -0.124. The van der Waals surface area contributed by atoms with Crippen molar-refractivity contribution in [2.24, 2.45) is 5.92 Å². The molecule has 2 atom stereocenters. The van der Waals surface area contributed by atoms with Gasteiger partial charge in [0, 0.05) is 21.7 Å². The van der Waals surface area contributed by atoms with E-state index in [1.54, 1.807) is 12.1 Å². The van der Waals surface area contributed by atoms with Crippen LogP contribution in [0.25, 0.3) is 0 Å². The van der Waals surface area contributed by atoms with Crippen LogP contribution in [0, 0.1) is 5.92 Å². The summed E-state index contributed by atoms with van der Waals surface area (Å²) in [7, 11) is 1.36. The van der Waals surface area contributed by atoms with Crippen LogP contribution in [0.5, 0.6) is 0 Å². The Morgan fingerprint density at radius 1 is 1.02 bits per heavy atom. The standard InChI is InChI=1S/C35H34BrNO4/c1-4-7-28(33-23-27-8-5-6-9-32(22-27)41-33)15-10-24(2)37-34(38)30(21-26-13-18-31(36)19-14-26)20-25-11-16-29(17-12-25)35(39)40-3/h4-19,22-23,30,32H,20-21H2,1-3H3,(H,37,38)/b7-4-,24-10+,28-15+. The topological polar surface area (TPSA) is 64.6 Å². The number of halogens is 1. The van der Waals surface area contributed by atoms with E-state index in [0.717, 1.165) is 38.2 Å². The number of allylic oxidation sites excluding steroid dienone is 10. The minimum Gasteiger partial charge on any atom is -0.482 e. The van der Waals surface area contributed by atoms with Gasteiger partial charge in [-0.15, -0.1) is 0 Å². The van der Waals surface area contributed by atoms with Gasteiger partial charge in [0.25, 0.3) is 0 Å². The molecule has 5 nitrogen and oxygen atoms in total. The smallest absolute Gasteiger partial charge is 0.337 e. The molecule has 1 aliphatic heterocycles. The highest BCUT2D eigenvalue weighted by atomic mass is 79.9. The van der Waals surface area contributed by atoms with Crippen molar-refractivity contribution in [3.63, 3.8) is 0 Å². The summed E-state index contributed by atoms with van der Waals surface area (Å²) in [5.41, 5.74) is 5.25. The highest BCUT2D eigenvalue weighted by Gasteiger charge is 2.21. The van der Waals surface area contributed by atoms with E-state index in [-0.39, 0.29) is 23.9 Å². The maximum Gasteiger partial charge on any atom is 0.337 e. The van der Waals surface area contributed by atoms with E-state index in [1.807, 2.05) is 98.9 Å². The van der Waals surface area contributed by atoms with Crippen LogP contribution in [0.2, 0.25) is 0 Å². The molecule has 1 heterocycles. The van der Waals surface area contributed by atoms with Crippen LogP contribution in [0.1, 0.15) is 35.3 Å². The lowest BCUT2D eigenvalue weighted by atomic mass is 9.91. The summed E-state index contributed by atoms with van der Waals surface area (Å²) in [6.07, 6.45) is 21.0. The van der Waals surface area contributed by atoms with E-state index >= 15 is 0 Å². The van der Waals surface area contributed by atoms with E-state index in [0.29, 0.717) is 18.4 Å². The van der Waals surface area contributed by atoms with Crippen molar-refractivity contribution in [2.45, 2.75) is 32.8 Å². The van der Waals surface area contributed by atoms with Gasteiger partial charge in [0.1, 0.15) is 11.9 Å². The second kappa shape index (κ2) is 14.5. The van der Waals surface area contributed by atoms with Gasteiger partial charge in [-0.25, -0.2) is 4.79 Å². The minimum atomic E-state index is -0.385. The molecule has 210 valence electrons. The highest BCUT2D eigenvalue weighted by molar-refractivity contribution is 9.10. The van der Waals surface area contributed by atoms with Gasteiger partial charge in [0.05, 0.1) is 12.7 Å². The van der Waals surface area contributed by atoms with Crippen molar-refractivity contribution >= 4 is 27.8 Å². The SMILES string of the molecule is C\C=C/C(=C\C=C(/C)NC(=O)C(Cc1ccc(Br)cc1)Cc1ccc(C(=O)OC)cc1)C1=CC2=CC(C=CC=C2)O1. The quantitative estimate of drug-likeness (QED) is 0.223. The normalized spacial score (nSPS) is 17.3. The Labute approximate surface area is 250 Å². The Bertz CT molecular complexity index is 1470. The number of esters is 1. The van der Waals surface area contributed by atoms with Gasteiger partial charge in [-0.05, 0) is 98.0 Å². The maximum absolute atomic E-state index is 13.6. The first-order valence-corrected chi connectivity index (χ1v) is 14.3. The Kier molecular flexibility index (Phi) is 10.5. The number of carbonyl (C=O) groups is 2. The lowest BCUT2D eigenvalue weighted by Gasteiger charge is -2.21. The molecule has 0 aromatic heterocycles. The molecule has 2 aromatic rings. The Balaban J connectivity index is 1.52. The fourth-order valence-electron chi connectivity index (χ4n) is 4.59. The van der Waals surface area contributed by atoms with Crippen LogP contribution in [-0.4, -0.2) is 25.1 Å². The monoisotopic (exact) mass is 611 g/mol. The van der Waals surface area contributed by atoms with Gasteiger partial charge in [0.15, 0.2) is 0 Å². The molecule has 4 rings (SSSR count). The summed E-state index contributed by atoms with van der Waals surface area (Å²) in [6, 6.07) is 15.2. The second-order valence-electron chi connectivity index (χ2n) is 9.88. The van der Waals surface area contributed by atoms with Gasteiger partial charge >= 0.3 is 5.97 Å². The third kappa shape index (κ3) is 8.66. The summed E-state index contributed by atoms with van der Waals surface area (Å²) >= 11 is 3.48. The maximum atomic E-state index is 13.6. The number of ether oxygens (including phenoxy) is 2. The Morgan fingerprint density at radius 2 is 1.71 bits per heavy atom. The Hall–Kier alpha value is -4.16. The van der Waals surface area contributed by atoms with Gasteiger partial charge in [-0.2, -0.15) is 0 Å². The van der Waals surface area contributed by atoms with Crippen LogP contribution in [0.4, 0.5) is 0 Å². The van der Waals surface area contributed by atoms with E-state index in [1.165, 1.54) is 7.11 Å². The number of nitrogens with one attached hydrogen (secondary N) is 1. The number of rotatable bonds is 10. The van der Waals surface area contributed by atoms with Crippen LogP contribution in [0.15, 0.2) is 136 Å². The first kappa shape index (κ1) is 29.8. The number of amides is 1. The number of methoxy groups -OCH3 is 1. The molecule has 2 unspecified atom stereocenters. The average molecular weight is 613 g/mol. The number of fused-ring (bicyclic) bond motifs is 1. The zero-order chi connectivity index (χ0) is 29.2. The zero-order valence-corrected chi connectivity index (χ0v) is 25.1. The average Bonchev–Trinajstić information content (AvgIpc) is 3.14. The molecule has 2 bridgehead atoms. The number of hydrogen-bond acceptors (Lipinski definition) is 4. The molecule has 0 saturated heterocycles. The number of hydrogen-bond donors (Lipinski definition) is 1. The molecule has 0 saturated carbocycles. The molecule has 2 aromatic carbocycles. The second-order valence-corrected chi connectivity index (χ2v) is 10.8. The van der Waals surface area contributed by atoms with Crippen LogP contribution in [-0.2, 0) is 27.1 Å².